The van der Waals surface area contributed by atoms with Crippen molar-refractivity contribution in [3.8, 4) is 0 Å². The van der Waals surface area contributed by atoms with E-state index in [1.54, 1.807) is 19.1 Å². The molecule has 2 rings (SSSR count). The number of pyridine rings is 1. The lowest BCUT2D eigenvalue weighted by Crippen LogP contribution is -2.08. The maximum Gasteiger partial charge on any atom is 0.195 e. The van der Waals surface area contributed by atoms with Gasteiger partial charge in [0.05, 0.1) is 16.6 Å². The SMILES string of the molecule is CC/C(=C\c1c(C)ccc2ncc(Cl)cc2c1=O)C(C)O. The molecule has 4 heteroatoms. The molecule has 3 nitrogen and oxygen atoms in total. The van der Waals surface area contributed by atoms with Crippen LogP contribution in [0.1, 0.15) is 31.4 Å². The molecule has 0 aliphatic heterocycles. The maximum atomic E-state index is 12.8. The monoisotopic (exact) mass is 303 g/mol. The fourth-order valence-corrected chi connectivity index (χ4v) is 2.42. The van der Waals surface area contributed by atoms with Gasteiger partial charge < -0.3 is 5.11 Å². The van der Waals surface area contributed by atoms with E-state index in [1.807, 2.05) is 26.0 Å². The molecular formula is C17H18ClNO2. The van der Waals surface area contributed by atoms with E-state index >= 15 is 0 Å². The third-order valence-electron chi connectivity index (χ3n) is 3.57. The van der Waals surface area contributed by atoms with Gasteiger partial charge in [-0.25, -0.2) is 0 Å². The average molecular weight is 304 g/mol. The summed E-state index contributed by atoms with van der Waals surface area (Å²) >= 11 is 5.95. The first-order valence-electron chi connectivity index (χ1n) is 6.91. The van der Waals surface area contributed by atoms with Crippen LogP contribution in [0.4, 0.5) is 0 Å². The van der Waals surface area contributed by atoms with E-state index in [2.05, 4.69) is 4.98 Å². The van der Waals surface area contributed by atoms with E-state index in [1.165, 1.54) is 6.20 Å². The maximum absolute atomic E-state index is 12.8. The molecule has 0 fully saturated rings. The standard InChI is InChI=1S/C17H18ClNO2/c1-4-12(11(3)20)7-14-10(2)5-6-16-15(17(14)21)8-13(18)9-19-16/h5-9,11,20H,4H2,1-3H3/b12-7+. The van der Waals surface area contributed by atoms with Crippen molar-refractivity contribution < 1.29 is 5.11 Å². The third kappa shape index (κ3) is 3.31. The molecule has 0 saturated carbocycles. The minimum Gasteiger partial charge on any atom is -0.389 e. The number of aryl methyl sites for hydroxylation is 1. The van der Waals surface area contributed by atoms with Crippen LogP contribution in [-0.2, 0) is 0 Å². The number of nitrogens with zero attached hydrogens (tertiary/aromatic N) is 1. The molecule has 0 spiro atoms. The van der Waals surface area contributed by atoms with E-state index < -0.39 is 6.10 Å². The van der Waals surface area contributed by atoms with E-state index in [0.717, 1.165) is 11.1 Å². The Morgan fingerprint density at radius 1 is 1.48 bits per heavy atom. The Hall–Kier alpha value is -1.71. The zero-order valence-electron chi connectivity index (χ0n) is 12.4. The highest BCUT2D eigenvalue weighted by Gasteiger charge is 2.09. The van der Waals surface area contributed by atoms with Gasteiger partial charge in [0.15, 0.2) is 5.43 Å². The van der Waals surface area contributed by atoms with Crippen LogP contribution in [0.5, 0.6) is 0 Å². The minimum atomic E-state index is -0.577. The second-order valence-corrected chi connectivity index (χ2v) is 5.53. The fraction of sp³-hybridized carbons (Fsp3) is 0.294. The molecule has 1 aromatic carbocycles. The van der Waals surface area contributed by atoms with Gasteiger partial charge in [0.1, 0.15) is 0 Å². The fourth-order valence-electron chi connectivity index (χ4n) is 2.27. The number of aliphatic hydroxyl groups is 1. The van der Waals surface area contributed by atoms with Crippen molar-refractivity contribution in [1.82, 2.24) is 4.98 Å². The van der Waals surface area contributed by atoms with Crippen LogP contribution in [0.3, 0.4) is 0 Å². The molecule has 0 aliphatic carbocycles. The first-order valence-corrected chi connectivity index (χ1v) is 7.29. The number of hydrogen-bond acceptors (Lipinski definition) is 3. The Morgan fingerprint density at radius 3 is 2.81 bits per heavy atom. The van der Waals surface area contributed by atoms with E-state index in [0.29, 0.717) is 27.9 Å². The molecule has 0 bridgehead atoms. The molecule has 0 amide bonds. The van der Waals surface area contributed by atoms with Crippen LogP contribution >= 0.6 is 11.6 Å². The Labute approximate surface area is 128 Å². The van der Waals surface area contributed by atoms with Crippen LogP contribution in [-0.4, -0.2) is 16.2 Å². The van der Waals surface area contributed by atoms with Gasteiger partial charge in [-0.15, -0.1) is 0 Å². The predicted molar refractivity (Wildman–Crippen MR) is 87.7 cm³/mol. The molecule has 0 aliphatic rings. The lowest BCUT2D eigenvalue weighted by atomic mass is 10.0. The second-order valence-electron chi connectivity index (χ2n) is 5.09. The number of aliphatic hydroxyl groups excluding tert-OH is 1. The number of aromatic nitrogens is 1. The normalized spacial score (nSPS) is 13.5. The van der Waals surface area contributed by atoms with E-state index in [9.17, 15) is 9.90 Å². The Kier molecular flexibility index (Phi) is 4.76. The van der Waals surface area contributed by atoms with Crippen molar-refractivity contribution in [3.63, 3.8) is 0 Å². The lowest BCUT2D eigenvalue weighted by molar-refractivity contribution is 0.229. The largest absolute Gasteiger partial charge is 0.389 e. The summed E-state index contributed by atoms with van der Waals surface area (Å²) in [6, 6.07) is 5.32. The summed E-state index contributed by atoms with van der Waals surface area (Å²) in [6.45, 7) is 5.54. The van der Waals surface area contributed by atoms with Gasteiger partial charge in [0.25, 0.3) is 0 Å². The highest BCUT2D eigenvalue weighted by Crippen LogP contribution is 2.18. The van der Waals surface area contributed by atoms with Gasteiger partial charge in [0.2, 0.25) is 0 Å². The molecule has 1 atom stereocenters. The summed E-state index contributed by atoms with van der Waals surface area (Å²) in [5.41, 5.74) is 2.74. The molecule has 1 N–H and O–H groups in total. The molecule has 0 saturated heterocycles. The number of halogens is 1. The Bertz CT molecular complexity index is 766. The zero-order valence-corrected chi connectivity index (χ0v) is 13.1. The summed E-state index contributed by atoms with van der Waals surface area (Å²) in [5, 5.41) is 10.7. The van der Waals surface area contributed by atoms with Crippen molar-refractivity contribution in [2.24, 2.45) is 0 Å². The van der Waals surface area contributed by atoms with Crippen molar-refractivity contribution in [2.45, 2.75) is 33.3 Å². The molecule has 1 unspecified atom stereocenters. The summed E-state index contributed by atoms with van der Waals surface area (Å²) in [5.74, 6) is 0. The van der Waals surface area contributed by atoms with Crippen LogP contribution < -0.4 is 5.43 Å². The lowest BCUT2D eigenvalue weighted by Gasteiger charge is -2.08. The molecule has 1 heterocycles. The van der Waals surface area contributed by atoms with Crippen molar-refractivity contribution in [3.05, 3.63) is 56.3 Å². The van der Waals surface area contributed by atoms with Crippen LogP contribution in [0.15, 0.2) is 34.8 Å². The predicted octanol–water partition coefficient (Wildman–Crippen LogP) is 3.73. The van der Waals surface area contributed by atoms with Crippen LogP contribution in [0.2, 0.25) is 5.02 Å². The topological polar surface area (TPSA) is 50.2 Å². The third-order valence-corrected chi connectivity index (χ3v) is 3.77. The van der Waals surface area contributed by atoms with Gasteiger partial charge in [-0.05, 0) is 49.6 Å². The minimum absolute atomic E-state index is 0.117. The molecule has 1 aromatic heterocycles. The summed E-state index contributed by atoms with van der Waals surface area (Å²) in [7, 11) is 0. The second kappa shape index (κ2) is 6.37. The number of fused-ring (bicyclic) bond motifs is 1. The molecular weight excluding hydrogens is 286 g/mol. The first kappa shape index (κ1) is 15.7. The van der Waals surface area contributed by atoms with E-state index in [-0.39, 0.29) is 5.43 Å². The molecule has 2 aromatic rings. The number of hydrogen-bond donors (Lipinski definition) is 1. The van der Waals surface area contributed by atoms with Gasteiger partial charge in [-0.3, -0.25) is 9.78 Å². The molecule has 110 valence electrons. The zero-order chi connectivity index (χ0) is 15.6. The smallest absolute Gasteiger partial charge is 0.195 e. The first-order chi connectivity index (χ1) is 9.93. The summed E-state index contributed by atoms with van der Waals surface area (Å²) in [4.78, 5) is 16.9. The summed E-state index contributed by atoms with van der Waals surface area (Å²) < 4.78 is 0. The van der Waals surface area contributed by atoms with Gasteiger partial charge >= 0.3 is 0 Å². The van der Waals surface area contributed by atoms with Crippen LogP contribution in [0.25, 0.3) is 17.0 Å². The van der Waals surface area contributed by atoms with Gasteiger partial charge in [0, 0.05) is 17.1 Å². The van der Waals surface area contributed by atoms with Gasteiger partial charge in [-0.2, -0.15) is 0 Å². The van der Waals surface area contributed by atoms with E-state index in [4.69, 9.17) is 11.6 Å². The summed E-state index contributed by atoms with van der Waals surface area (Å²) in [6.07, 6.45) is 3.42. The van der Waals surface area contributed by atoms with Crippen molar-refractivity contribution in [2.75, 3.05) is 0 Å². The molecule has 0 radical (unpaired) electrons. The van der Waals surface area contributed by atoms with Crippen LogP contribution in [0, 0.1) is 6.92 Å². The quantitative estimate of drug-likeness (QED) is 0.940. The highest BCUT2D eigenvalue weighted by atomic mass is 35.5. The average Bonchev–Trinajstić information content (AvgIpc) is 2.55. The Morgan fingerprint density at radius 2 is 2.19 bits per heavy atom. The highest BCUT2D eigenvalue weighted by molar-refractivity contribution is 6.31. The van der Waals surface area contributed by atoms with Crippen molar-refractivity contribution in [1.29, 1.82) is 0 Å². The molecule has 21 heavy (non-hydrogen) atoms. The van der Waals surface area contributed by atoms with Crippen molar-refractivity contribution >= 4 is 28.6 Å². The number of rotatable bonds is 3. The Balaban J connectivity index is 2.84. The van der Waals surface area contributed by atoms with Gasteiger partial charge in [-0.1, -0.05) is 24.6 Å².